The molecule has 6 nitrogen and oxygen atoms in total. The van der Waals surface area contributed by atoms with E-state index in [1.54, 1.807) is 0 Å². The van der Waals surface area contributed by atoms with E-state index in [2.05, 4.69) is 50.9 Å². The minimum Gasteiger partial charge on any atom is -0.354 e. The van der Waals surface area contributed by atoms with Crippen LogP contribution >= 0.6 is 0 Å². The highest BCUT2D eigenvalue weighted by Gasteiger charge is 2.70. The number of amides is 1. The number of carbonyl (C=O) groups is 3. The molecular formula is C35H51N3O3. The molecule has 3 unspecified atom stereocenters. The third kappa shape index (κ3) is 4.08. The van der Waals surface area contributed by atoms with Crippen LogP contribution < -0.4 is 5.32 Å². The van der Waals surface area contributed by atoms with E-state index in [4.69, 9.17) is 0 Å². The molecule has 3 saturated carbocycles. The molecular weight excluding hydrogens is 510 g/mol. The van der Waals surface area contributed by atoms with Crippen molar-refractivity contribution in [2.24, 2.45) is 50.2 Å². The van der Waals surface area contributed by atoms with Crippen LogP contribution in [0.15, 0.2) is 23.3 Å². The average molecular weight is 562 g/mol. The number of carbonyl (C=O) groups excluding carboxylic acids is 3. The SMILES string of the molecule is CN(C)CCNC(=O)[C@]12CCC(C)(C)CC1C1C(=O)C=C3C(C)(CC[C@H]4C(C)(C)C(=O)C(C#N)=C[C@]34C)[C@]1(C)CC2. The second-order valence-electron chi connectivity index (χ2n) is 16.5. The first-order valence-electron chi connectivity index (χ1n) is 15.8. The maximum absolute atomic E-state index is 14.6. The highest BCUT2D eigenvalue weighted by Crippen LogP contribution is 2.74. The van der Waals surface area contributed by atoms with Crippen LogP contribution in [0, 0.1) is 61.6 Å². The molecule has 5 rings (SSSR count). The summed E-state index contributed by atoms with van der Waals surface area (Å²) in [5.41, 5.74) is -0.887. The van der Waals surface area contributed by atoms with Crippen molar-refractivity contribution in [2.45, 2.75) is 93.4 Å². The number of nitriles is 1. The molecule has 0 spiro atoms. The lowest BCUT2D eigenvalue weighted by Crippen LogP contribution is -2.66. The van der Waals surface area contributed by atoms with E-state index >= 15 is 0 Å². The molecule has 5 aliphatic rings. The number of likely N-dealkylation sites (N-methyl/N-ethyl adjacent to an activating group) is 1. The zero-order chi connectivity index (χ0) is 30.4. The summed E-state index contributed by atoms with van der Waals surface area (Å²) in [5.74, 6) is 0.0139. The van der Waals surface area contributed by atoms with E-state index < -0.39 is 16.2 Å². The van der Waals surface area contributed by atoms with Gasteiger partial charge in [0.15, 0.2) is 11.6 Å². The van der Waals surface area contributed by atoms with E-state index in [1.807, 2.05) is 40.1 Å². The van der Waals surface area contributed by atoms with Crippen molar-refractivity contribution in [1.29, 1.82) is 5.26 Å². The van der Waals surface area contributed by atoms with Gasteiger partial charge in [-0.15, -0.1) is 0 Å². The monoisotopic (exact) mass is 561 g/mol. The molecule has 1 amide bonds. The molecule has 0 radical (unpaired) electrons. The van der Waals surface area contributed by atoms with E-state index in [0.717, 1.165) is 57.1 Å². The molecule has 0 bridgehead atoms. The Kier molecular flexibility index (Phi) is 6.90. The van der Waals surface area contributed by atoms with Gasteiger partial charge >= 0.3 is 0 Å². The maximum atomic E-state index is 14.6. The molecule has 0 saturated heterocycles. The lowest BCUT2D eigenvalue weighted by Gasteiger charge is -2.69. The molecule has 41 heavy (non-hydrogen) atoms. The van der Waals surface area contributed by atoms with Gasteiger partial charge < -0.3 is 10.2 Å². The van der Waals surface area contributed by atoms with E-state index in [0.29, 0.717) is 6.54 Å². The number of fused-ring (bicyclic) bond motifs is 7. The highest BCUT2D eigenvalue weighted by molar-refractivity contribution is 6.04. The fourth-order valence-corrected chi connectivity index (χ4v) is 10.6. The van der Waals surface area contributed by atoms with Gasteiger partial charge in [0.05, 0.1) is 11.0 Å². The third-order valence-corrected chi connectivity index (χ3v) is 13.2. The van der Waals surface area contributed by atoms with Gasteiger partial charge in [0.2, 0.25) is 5.91 Å². The zero-order valence-corrected chi connectivity index (χ0v) is 26.9. The van der Waals surface area contributed by atoms with Gasteiger partial charge in [0.1, 0.15) is 6.07 Å². The number of hydrogen-bond acceptors (Lipinski definition) is 5. The van der Waals surface area contributed by atoms with Crippen LogP contribution in [-0.4, -0.2) is 49.6 Å². The first kappa shape index (κ1) is 30.2. The Morgan fingerprint density at radius 2 is 1.68 bits per heavy atom. The lowest BCUT2D eigenvalue weighted by atomic mass is 9.34. The topological polar surface area (TPSA) is 90.3 Å². The highest BCUT2D eigenvalue weighted by atomic mass is 16.2. The minimum absolute atomic E-state index is 0.00778. The second-order valence-corrected chi connectivity index (χ2v) is 16.5. The molecule has 6 heteroatoms. The van der Waals surface area contributed by atoms with Gasteiger partial charge in [0.25, 0.3) is 0 Å². The van der Waals surface area contributed by atoms with Gasteiger partial charge in [-0.1, -0.05) is 60.1 Å². The van der Waals surface area contributed by atoms with Gasteiger partial charge in [-0.05, 0) is 93.2 Å². The molecule has 224 valence electrons. The molecule has 0 aliphatic heterocycles. The number of ketones is 2. The van der Waals surface area contributed by atoms with Crippen molar-refractivity contribution in [1.82, 2.24) is 10.2 Å². The zero-order valence-electron chi connectivity index (χ0n) is 26.9. The van der Waals surface area contributed by atoms with Gasteiger partial charge in [-0.25, -0.2) is 0 Å². The Balaban J connectivity index is 1.62. The van der Waals surface area contributed by atoms with Crippen LogP contribution in [0.2, 0.25) is 0 Å². The number of Topliss-reactive ketones (excluding diaryl/α,β-unsaturated/α-hetero) is 1. The fraction of sp³-hybridized carbons (Fsp3) is 0.771. The summed E-state index contributed by atoms with van der Waals surface area (Å²) < 4.78 is 0. The summed E-state index contributed by atoms with van der Waals surface area (Å²) in [6.07, 6.45) is 9.94. The smallest absolute Gasteiger partial charge is 0.226 e. The number of allylic oxidation sites excluding steroid dienone is 4. The quantitative estimate of drug-likeness (QED) is 0.463. The van der Waals surface area contributed by atoms with Crippen molar-refractivity contribution in [2.75, 3.05) is 27.2 Å². The number of nitrogens with one attached hydrogen (secondary N) is 1. The summed E-state index contributed by atoms with van der Waals surface area (Å²) in [7, 11) is 4.03. The van der Waals surface area contributed by atoms with Crippen molar-refractivity contribution in [3.05, 3.63) is 23.3 Å². The Morgan fingerprint density at radius 3 is 2.32 bits per heavy atom. The largest absolute Gasteiger partial charge is 0.354 e. The van der Waals surface area contributed by atoms with E-state index in [-0.39, 0.29) is 57.0 Å². The molecule has 5 aliphatic carbocycles. The molecule has 0 aromatic rings. The average Bonchev–Trinajstić information content (AvgIpc) is 2.87. The van der Waals surface area contributed by atoms with Crippen LogP contribution in [0.25, 0.3) is 0 Å². The van der Waals surface area contributed by atoms with Crippen molar-refractivity contribution >= 4 is 17.5 Å². The third-order valence-electron chi connectivity index (χ3n) is 13.2. The van der Waals surface area contributed by atoms with Crippen LogP contribution in [-0.2, 0) is 14.4 Å². The van der Waals surface area contributed by atoms with Crippen LogP contribution in [0.3, 0.4) is 0 Å². The Morgan fingerprint density at radius 1 is 1.02 bits per heavy atom. The first-order chi connectivity index (χ1) is 18.9. The fourth-order valence-electron chi connectivity index (χ4n) is 10.6. The molecule has 7 atom stereocenters. The van der Waals surface area contributed by atoms with Crippen molar-refractivity contribution in [3.8, 4) is 6.07 Å². The van der Waals surface area contributed by atoms with E-state index in [9.17, 15) is 19.6 Å². The standard InChI is InChI=1S/C35H51N3O3/c1-30(2)12-14-35(29(41)37-16-17-38(8)9)15-13-34(7)27(23(35)20-30)24(39)18-26-32(5)19-22(21-36)28(40)31(3,4)25(32)10-11-33(26,34)6/h18-19,23,25,27H,10-17,20H2,1-9H3,(H,37,41)/t23?,25-,27?,32-,33?,34+,35-/m0/s1. The van der Waals surface area contributed by atoms with E-state index in [1.165, 1.54) is 0 Å². The van der Waals surface area contributed by atoms with Crippen molar-refractivity contribution < 1.29 is 14.4 Å². The molecule has 0 heterocycles. The summed E-state index contributed by atoms with van der Waals surface area (Å²) in [6, 6.07) is 2.19. The van der Waals surface area contributed by atoms with Crippen LogP contribution in [0.4, 0.5) is 0 Å². The van der Waals surface area contributed by atoms with Gasteiger partial charge in [0, 0.05) is 29.8 Å². The lowest BCUT2D eigenvalue weighted by molar-refractivity contribution is -0.178. The summed E-state index contributed by atoms with van der Waals surface area (Å²) >= 11 is 0. The molecule has 0 aromatic carbocycles. The van der Waals surface area contributed by atoms with Gasteiger partial charge in [-0.2, -0.15) is 5.26 Å². The summed E-state index contributed by atoms with van der Waals surface area (Å²) in [5, 5.41) is 13.2. The maximum Gasteiger partial charge on any atom is 0.226 e. The summed E-state index contributed by atoms with van der Waals surface area (Å²) in [6.45, 7) is 16.8. The minimum atomic E-state index is -0.669. The Hall–Kier alpha value is -2.26. The van der Waals surface area contributed by atoms with Crippen molar-refractivity contribution in [3.63, 3.8) is 0 Å². The van der Waals surface area contributed by atoms with Gasteiger partial charge in [-0.3, -0.25) is 14.4 Å². The normalized spacial score (nSPS) is 42.5. The van der Waals surface area contributed by atoms with Crippen LogP contribution in [0.5, 0.6) is 0 Å². The Labute approximate surface area is 247 Å². The second kappa shape index (κ2) is 9.37. The molecule has 3 fully saturated rings. The van der Waals surface area contributed by atoms with Crippen LogP contribution in [0.1, 0.15) is 93.4 Å². The Bertz CT molecular complexity index is 1280. The first-order valence-corrected chi connectivity index (χ1v) is 15.8. The predicted molar refractivity (Wildman–Crippen MR) is 160 cm³/mol. The molecule has 0 aromatic heterocycles. The number of nitrogens with zero attached hydrogens (tertiary/aromatic N) is 2. The summed E-state index contributed by atoms with van der Waals surface area (Å²) in [4.78, 5) is 44.0. The number of rotatable bonds is 4. The molecule has 1 N–H and O–H groups in total. The number of hydrogen-bond donors (Lipinski definition) is 1. The predicted octanol–water partition coefficient (Wildman–Crippen LogP) is 5.88.